The van der Waals surface area contributed by atoms with Gasteiger partial charge in [-0.05, 0) is 292 Å². The van der Waals surface area contributed by atoms with Gasteiger partial charge >= 0.3 is 11.9 Å². The van der Waals surface area contributed by atoms with E-state index in [1.54, 1.807) is 32.1 Å². The van der Waals surface area contributed by atoms with E-state index in [-0.39, 0.29) is 23.8 Å². The van der Waals surface area contributed by atoms with Crippen molar-refractivity contribution in [1.29, 1.82) is 0 Å². The third-order valence-corrected chi connectivity index (χ3v) is 27.7. The Kier molecular flexibility index (Phi) is 48.1. The summed E-state index contributed by atoms with van der Waals surface area (Å²) < 4.78 is 10.4. The summed E-state index contributed by atoms with van der Waals surface area (Å²) in [6.45, 7) is 59.4. The summed E-state index contributed by atoms with van der Waals surface area (Å²) >= 11 is 0. The first kappa shape index (κ1) is 105. The topological polar surface area (TPSA) is 81.6 Å². The molecule has 680 valence electrons. The van der Waals surface area contributed by atoms with Gasteiger partial charge in [0.1, 0.15) is 0 Å². The Morgan fingerprint density at radius 2 is 0.754 bits per heavy atom. The number of hydrogen-bond donors (Lipinski definition) is 0. The van der Waals surface area contributed by atoms with E-state index in [1.165, 1.54) is 142 Å². The maximum absolute atomic E-state index is 11.9. The molecule has 7 aromatic rings. The van der Waals surface area contributed by atoms with Crippen molar-refractivity contribution in [2.75, 3.05) is 26.3 Å². The van der Waals surface area contributed by atoms with E-state index in [9.17, 15) is 9.59 Å². The summed E-state index contributed by atoms with van der Waals surface area (Å²) in [5.41, 5.74) is 2.47. The second-order valence-corrected chi connectivity index (χ2v) is 42.8. The Bertz CT molecular complexity index is 3500. The van der Waals surface area contributed by atoms with Gasteiger partial charge in [0.05, 0.1) is 30.6 Å². The lowest BCUT2D eigenvalue weighted by atomic mass is 9.50. The van der Waals surface area contributed by atoms with E-state index >= 15 is 0 Å². The molecule has 0 amide bonds. The van der Waals surface area contributed by atoms with Crippen LogP contribution in [0.3, 0.4) is 0 Å². The highest BCUT2D eigenvalue weighted by Crippen LogP contribution is 2.59. The fraction of sp³-hybridized carbons (Fsp3) is 0.670. The summed E-state index contributed by atoms with van der Waals surface area (Å²) in [4.78, 5) is 34.7. The molecule has 122 heavy (non-hydrogen) atoms. The Morgan fingerprint density at radius 1 is 0.352 bits per heavy atom. The molecule has 10 bridgehead atoms. The lowest BCUT2D eigenvalue weighted by Gasteiger charge is -2.55. The first-order valence-corrected chi connectivity index (χ1v) is 50.1. The predicted molar refractivity (Wildman–Crippen MR) is 529 cm³/mol. The second-order valence-electron chi connectivity index (χ2n) is 42.8. The first-order chi connectivity index (χ1) is 58.3. The Balaban J connectivity index is 0.000000208. The molecule has 1 aliphatic heterocycles. The highest BCUT2D eigenvalue weighted by atomic mass is 16.5. The molecular formula is C115H181N3O4. The van der Waals surface area contributed by atoms with Gasteiger partial charge in [-0.3, -0.25) is 19.6 Å². The van der Waals surface area contributed by atoms with Crippen LogP contribution in [0.1, 0.15) is 319 Å². The minimum absolute atomic E-state index is 0.0213. The van der Waals surface area contributed by atoms with E-state index in [0.717, 1.165) is 113 Å². The number of esters is 2. The van der Waals surface area contributed by atoms with Gasteiger partial charge in [-0.15, -0.1) is 0 Å². The Labute approximate surface area is 749 Å². The van der Waals surface area contributed by atoms with E-state index < -0.39 is 0 Å². The van der Waals surface area contributed by atoms with Gasteiger partial charge in [0.25, 0.3) is 0 Å². The number of hydrogen-bond acceptors (Lipinski definition) is 7. The summed E-state index contributed by atoms with van der Waals surface area (Å²) in [5, 5.41) is 6.27. The summed E-state index contributed by atoms with van der Waals surface area (Å²) in [5.74, 6) is 21.1. The zero-order valence-electron chi connectivity index (χ0n) is 82.5. The SMILES string of the molecule is CC(C)C.CC(C)C.CC(C)C.CC(C)C1C2CC3CC(C2)CC1C3.CC(C)C1CCCC1.CC(C)C1CCCCC1.CC(C)N1CC2CCC(C2)C1.CC(C)c1ccccc1.CCOC(=O)C1C2C=CC(C2)C1C(C)C.CCOC(=O)C1C2CCC(C2)C1C(C)C.c1ccc2ccccc2c1.c1ccc2cnccc2c1.c1ccc2ncccc2c1. The van der Waals surface area contributed by atoms with Crippen molar-refractivity contribution in [2.45, 2.75) is 320 Å². The van der Waals surface area contributed by atoms with Crippen LogP contribution in [-0.4, -0.2) is 59.2 Å². The zero-order valence-corrected chi connectivity index (χ0v) is 82.5. The van der Waals surface area contributed by atoms with Crippen LogP contribution in [-0.2, 0) is 19.1 Å². The molecule has 7 nitrogen and oxygen atoms in total. The molecular weight excluding hydrogens is 1490 g/mol. The van der Waals surface area contributed by atoms with Gasteiger partial charge in [-0.25, -0.2) is 0 Å². The average Bonchev–Trinajstić information content (AvgIpc) is 1.33. The third-order valence-electron chi connectivity index (χ3n) is 27.7. The molecule has 11 fully saturated rings. The van der Waals surface area contributed by atoms with Gasteiger partial charge in [0, 0.05) is 43.1 Å². The molecule has 3 heterocycles. The average molecular weight is 1670 g/mol. The Hall–Kier alpha value is -6.18. The Morgan fingerprint density at radius 3 is 1.17 bits per heavy atom. The van der Waals surface area contributed by atoms with Crippen molar-refractivity contribution in [1.82, 2.24) is 14.9 Å². The minimum Gasteiger partial charge on any atom is -0.466 e. The van der Waals surface area contributed by atoms with Crippen LogP contribution in [0.2, 0.25) is 0 Å². The molecule has 2 aromatic heterocycles. The molecule has 11 aliphatic carbocycles. The lowest BCUT2D eigenvalue weighted by molar-refractivity contribution is -0.153. The van der Waals surface area contributed by atoms with Crippen molar-refractivity contribution in [2.24, 2.45) is 148 Å². The number of fused-ring (bicyclic) bond motifs is 9. The predicted octanol–water partition coefficient (Wildman–Crippen LogP) is 32.5. The van der Waals surface area contributed by atoms with Crippen LogP contribution in [0.15, 0.2) is 176 Å². The number of aromatic nitrogens is 2. The number of rotatable bonds is 11. The summed E-state index contributed by atoms with van der Waals surface area (Å²) in [7, 11) is 0. The number of likely N-dealkylation sites (tertiary alicyclic amines) is 1. The summed E-state index contributed by atoms with van der Waals surface area (Å²) in [6, 6.07) is 50.3. The highest BCUT2D eigenvalue weighted by molar-refractivity contribution is 5.82. The minimum atomic E-state index is 0.0213. The molecule has 10 saturated carbocycles. The molecule has 7 heteroatoms. The zero-order chi connectivity index (χ0) is 89.4. The standard InChI is InChI=1S/C13H22O2.C13H20O2.C13H22.C10H19N.C10H8.2C9H7N.C9H18.C9H12.C8H16.3C4H10/c2*1-4-15-13(14)12-10-6-5-9(7-10)11(12)8(2)3;1-8(2)13-11-4-9-3-10(6-11)7-12(13)5-9;1-8(2)11-6-9-3-4-10(5-9)7-11;1-2-6-10-8-4-3-7-9(10)5-1;1-2-6-9-8(4-1)5-3-7-10-9;1-2-4-9-7-10-6-5-8(9)3-1;2*1-8(2)9-6-4-3-5-7-9;1-7(2)8-5-3-4-6-8;3*1-4(2)3/h8-12H,4-7H2,1-3H3;5-6,8-12H,4,7H2,1-3H3;8-13H,3-7H2,1-2H3;8-10H,3-7H2,1-2H3;1-8H;2*1-7H;8-9H,3-7H2,1-2H3;3-8H,1-2H3;7-8H,3-6H2,1-2H3;3*4H,1-3H3. The number of pyridine rings is 2. The molecule has 5 aromatic carbocycles. The van der Waals surface area contributed by atoms with E-state index in [2.05, 4.69) is 283 Å². The number of allylic oxidation sites excluding steroid dienone is 2. The fourth-order valence-corrected chi connectivity index (χ4v) is 22.4. The molecule has 19 rings (SSSR count). The second kappa shape index (κ2) is 56.1. The van der Waals surface area contributed by atoms with Crippen LogP contribution < -0.4 is 0 Å². The van der Waals surface area contributed by atoms with Gasteiger partial charge in [-0.1, -0.05) is 343 Å². The number of carbonyl (C=O) groups excluding carboxylic acids is 2. The van der Waals surface area contributed by atoms with Gasteiger partial charge in [-0.2, -0.15) is 0 Å². The molecule has 10 unspecified atom stereocenters. The number of carbonyl (C=O) groups is 2. The fourth-order valence-electron chi connectivity index (χ4n) is 22.4. The van der Waals surface area contributed by atoms with Crippen molar-refractivity contribution in [3.8, 4) is 0 Å². The lowest BCUT2D eigenvalue weighted by Crippen LogP contribution is -2.46. The van der Waals surface area contributed by atoms with Crippen LogP contribution in [0.5, 0.6) is 0 Å². The van der Waals surface area contributed by atoms with Gasteiger partial charge in [0.15, 0.2) is 0 Å². The number of para-hydroxylation sites is 1. The number of piperidine rings is 1. The molecule has 0 spiro atoms. The van der Waals surface area contributed by atoms with Gasteiger partial charge in [0.2, 0.25) is 0 Å². The number of nitrogens with zero attached hydrogens (tertiary/aromatic N) is 3. The van der Waals surface area contributed by atoms with Crippen LogP contribution in [0, 0.1) is 148 Å². The van der Waals surface area contributed by atoms with Crippen LogP contribution in [0.4, 0.5) is 0 Å². The highest BCUT2D eigenvalue weighted by Gasteiger charge is 2.53. The first-order valence-electron chi connectivity index (χ1n) is 50.1. The van der Waals surface area contributed by atoms with Crippen molar-refractivity contribution in [3.05, 3.63) is 182 Å². The van der Waals surface area contributed by atoms with E-state index in [4.69, 9.17) is 9.47 Å². The van der Waals surface area contributed by atoms with E-state index in [0.29, 0.717) is 60.6 Å². The normalized spacial score (nSPS) is 25.8. The third kappa shape index (κ3) is 36.3. The maximum atomic E-state index is 11.9. The van der Waals surface area contributed by atoms with Crippen molar-refractivity contribution in [3.63, 3.8) is 0 Å². The smallest absolute Gasteiger partial charge is 0.309 e. The number of ether oxygens (including phenoxy) is 2. The van der Waals surface area contributed by atoms with Crippen molar-refractivity contribution < 1.29 is 19.1 Å². The van der Waals surface area contributed by atoms with E-state index in [1.807, 2.05) is 81.0 Å². The molecule has 10 atom stereocenters. The maximum Gasteiger partial charge on any atom is 0.309 e. The quantitative estimate of drug-likeness (QED) is 0.0943. The van der Waals surface area contributed by atoms with Gasteiger partial charge < -0.3 is 14.4 Å². The van der Waals surface area contributed by atoms with Crippen molar-refractivity contribution >= 4 is 44.4 Å². The largest absolute Gasteiger partial charge is 0.466 e. The molecule has 12 aliphatic rings. The summed E-state index contributed by atoms with van der Waals surface area (Å²) in [6.07, 6.45) is 41.0. The monoisotopic (exact) mass is 1670 g/mol. The molecule has 1 saturated heterocycles. The molecule has 0 N–H and O–H groups in total. The number of benzene rings is 5. The molecule has 0 radical (unpaired) electrons. The van der Waals surface area contributed by atoms with Crippen LogP contribution in [0.25, 0.3) is 32.4 Å². The van der Waals surface area contributed by atoms with Crippen LogP contribution >= 0.6 is 0 Å².